The second-order valence-corrected chi connectivity index (χ2v) is 14.8. The summed E-state index contributed by atoms with van der Waals surface area (Å²) in [5, 5.41) is 2.24. The highest BCUT2D eigenvalue weighted by atomic mass is 15.0. The smallest absolute Gasteiger partial charge is 0.164 e. The number of fused-ring (bicyclic) bond motifs is 4. The van der Waals surface area contributed by atoms with Crippen LogP contribution in [-0.4, -0.2) is 15.0 Å². The Bertz CT molecular complexity index is 2760. The first-order chi connectivity index (χ1) is 27.0. The van der Waals surface area contributed by atoms with Crippen LogP contribution in [0.4, 0.5) is 0 Å². The molecule has 0 atom stereocenters. The maximum atomic E-state index is 5.20. The van der Waals surface area contributed by atoms with Crippen molar-refractivity contribution in [1.82, 2.24) is 15.0 Å². The van der Waals surface area contributed by atoms with Gasteiger partial charge >= 0.3 is 0 Å². The molecule has 3 nitrogen and oxygen atoms in total. The van der Waals surface area contributed by atoms with Crippen LogP contribution in [0.5, 0.6) is 0 Å². The number of benzene rings is 8. The summed E-state index contributed by atoms with van der Waals surface area (Å²) in [5.41, 5.74) is 15.2. The molecule has 9 aromatic rings. The summed E-state index contributed by atoms with van der Waals surface area (Å²) in [4.78, 5) is 15.5. The highest BCUT2D eigenvalue weighted by Crippen LogP contribution is 2.52. The number of hydrogen-bond donors (Lipinski definition) is 0. The van der Waals surface area contributed by atoms with Gasteiger partial charge < -0.3 is 0 Å². The van der Waals surface area contributed by atoms with E-state index >= 15 is 0 Å². The standard InChI is InChI=1S/C52H37N3/c1-52(2)46-21-10-9-18-44(46)48-42(19-12-22-47(48)52)41-32-27-38-17-11-20-43(45(38)33-41)51-54-49(39-28-23-36(24-29-39)34-13-5-3-6-14-34)53-50(55-51)40-30-25-37(26-31-40)35-15-7-4-8-16-35/h3-33H,1-2H3. The zero-order valence-electron chi connectivity index (χ0n) is 30.7. The predicted octanol–water partition coefficient (Wildman–Crippen LogP) is 13.3. The zero-order chi connectivity index (χ0) is 36.9. The summed E-state index contributed by atoms with van der Waals surface area (Å²) in [6, 6.07) is 66.7. The van der Waals surface area contributed by atoms with Crippen molar-refractivity contribution in [3.05, 3.63) is 199 Å². The van der Waals surface area contributed by atoms with Crippen molar-refractivity contribution >= 4 is 10.8 Å². The Morgan fingerprint density at radius 1 is 0.327 bits per heavy atom. The Morgan fingerprint density at radius 3 is 1.42 bits per heavy atom. The maximum Gasteiger partial charge on any atom is 0.164 e. The lowest BCUT2D eigenvalue weighted by Gasteiger charge is -2.21. The van der Waals surface area contributed by atoms with Crippen molar-refractivity contribution in [1.29, 1.82) is 0 Å². The lowest BCUT2D eigenvalue weighted by molar-refractivity contribution is 0.660. The maximum absolute atomic E-state index is 5.20. The average Bonchev–Trinajstić information content (AvgIpc) is 3.50. The molecule has 0 unspecified atom stereocenters. The fourth-order valence-electron chi connectivity index (χ4n) is 8.27. The molecule has 1 heterocycles. The van der Waals surface area contributed by atoms with Crippen LogP contribution in [-0.2, 0) is 5.41 Å². The quantitative estimate of drug-likeness (QED) is 0.173. The van der Waals surface area contributed by atoms with Crippen molar-refractivity contribution in [2.24, 2.45) is 0 Å². The molecule has 0 bridgehead atoms. The van der Waals surface area contributed by atoms with E-state index in [2.05, 4.69) is 190 Å². The van der Waals surface area contributed by atoms with Crippen molar-refractivity contribution in [3.63, 3.8) is 0 Å². The third-order valence-electron chi connectivity index (χ3n) is 11.2. The van der Waals surface area contributed by atoms with E-state index in [1.165, 1.54) is 44.5 Å². The van der Waals surface area contributed by atoms with E-state index in [-0.39, 0.29) is 5.41 Å². The molecule has 0 N–H and O–H groups in total. The molecule has 10 rings (SSSR count). The van der Waals surface area contributed by atoms with Gasteiger partial charge in [0.25, 0.3) is 0 Å². The molecule has 1 aromatic heterocycles. The molecule has 0 spiro atoms. The van der Waals surface area contributed by atoms with Crippen LogP contribution in [0.1, 0.15) is 25.0 Å². The molecule has 1 aliphatic carbocycles. The topological polar surface area (TPSA) is 38.7 Å². The summed E-state index contributed by atoms with van der Waals surface area (Å²) >= 11 is 0. The summed E-state index contributed by atoms with van der Waals surface area (Å²) < 4.78 is 0. The van der Waals surface area contributed by atoms with Crippen LogP contribution in [0.25, 0.3) is 89.4 Å². The van der Waals surface area contributed by atoms with Gasteiger partial charge in [-0.15, -0.1) is 0 Å². The van der Waals surface area contributed by atoms with E-state index in [0.717, 1.165) is 38.6 Å². The minimum absolute atomic E-state index is 0.0692. The predicted molar refractivity (Wildman–Crippen MR) is 228 cm³/mol. The molecule has 0 aliphatic heterocycles. The Morgan fingerprint density at radius 2 is 0.782 bits per heavy atom. The van der Waals surface area contributed by atoms with Gasteiger partial charge in [0.05, 0.1) is 0 Å². The van der Waals surface area contributed by atoms with Crippen molar-refractivity contribution < 1.29 is 0 Å². The van der Waals surface area contributed by atoms with E-state index in [1.807, 2.05) is 12.1 Å². The van der Waals surface area contributed by atoms with Crippen LogP contribution in [0, 0.1) is 0 Å². The molecule has 1 aliphatic rings. The summed E-state index contributed by atoms with van der Waals surface area (Å²) in [5.74, 6) is 1.92. The lowest BCUT2D eigenvalue weighted by atomic mass is 9.82. The van der Waals surface area contributed by atoms with Crippen LogP contribution < -0.4 is 0 Å². The molecule has 8 aromatic carbocycles. The molecule has 0 radical (unpaired) electrons. The summed E-state index contributed by atoms with van der Waals surface area (Å²) in [6.07, 6.45) is 0. The summed E-state index contributed by atoms with van der Waals surface area (Å²) in [7, 11) is 0. The zero-order valence-corrected chi connectivity index (χ0v) is 30.7. The third kappa shape index (κ3) is 5.73. The molecule has 0 saturated heterocycles. The van der Waals surface area contributed by atoms with Gasteiger partial charge in [-0.05, 0) is 72.5 Å². The van der Waals surface area contributed by atoms with Crippen LogP contribution in [0.2, 0.25) is 0 Å². The van der Waals surface area contributed by atoms with E-state index in [1.54, 1.807) is 0 Å². The SMILES string of the molecule is CC1(C)c2ccccc2-c2c(-c3ccc4cccc(-c5nc(-c6ccc(-c7ccccc7)cc6)nc(-c6ccc(-c7ccccc7)cc6)n5)c4c3)cccc21. The number of rotatable bonds is 6. The monoisotopic (exact) mass is 703 g/mol. The van der Waals surface area contributed by atoms with Gasteiger partial charge in [-0.2, -0.15) is 0 Å². The molecule has 0 amide bonds. The lowest BCUT2D eigenvalue weighted by Crippen LogP contribution is -2.14. The molecule has 3 heteroatoms. The van der Waals surface area contributed by atoms with Crippen LogP contribution in [0.15, 0.2) is 188 Å². The van der Waals surface area contributed by atoms with Gasteiger partial charge in [-0.3, -0.25) is 0 Å². The van der Waals surface area contributed by atoms with Gasteiger partial charge in [0, 0.05) is 22.1 Å². The Balaban J connectivity index is 1.13. The largest absolute Gasteiger partial charge is 0.208 e. The fraction of sp³-hybridized carbons (Fsp3) is 0.0577. The number of aromatic nitrogens is 3. The Hall–Kier alpha value is -6.97. The second-order valence-electron chi connectivity index (χ2n) is 14.8. The second kappa shape index (κ2) is 13.2. The average molecular weight is 704 g/mol. The van der Waals surface area contributed by atoms with Crippen LogP contribution in [0.3, 0.4) is 0 Å². The highest BCUT2D eigenvalue weighted by Gasteiger charge is 2.36. The highest BCUT2D eigenvalue weighted by molar-refractivity contribution is 6.00. The van der Waals surface area contributed by atoms with Gasteiger partial charge in [-0.25, -0.2) is 15.0 Å². The van der Waals surface area contributed by atoms with Gasteiger partial charge in [0.1, 0.15) is 0 Å². The molecule has 55 heavy (non-hydrogen) atoms. The number of nitrogens with zero attached hydrogens (tertiary/aromatic N) is 3. The Kier molecular flexibility index (Phi) is 7.81. The molecular formula is C52H37N3. The van der Waals surface area contributed by atoms with Gasteiger partial charge in [0.2, 0.25) is 0 Å². The summed E-state index contributed by atoms with van der Waals surface area (Å²) in [6.45, 7) is 4.67. The third-order valence-corrected chi connectivity index (χ3v) is 11.2. The molecule has 0 fully saturated rings. The minimum Gasteiger partial charge on any atom is -0.208 e. The van der Waals surface area contributed by atoms with Crippen molar-refractivity contribution in [2.75, 3.05) is 0 Å². The van der Waals surface area contributed by atoms with E-state index in [0.29, 0.717) is 17.5 Å². The minimum atomic E-state index is -0.0692. The van der Waals surface area contributed by atoms with E-state index < -0.39 is 0 Å². The first kappa shape index (κ1) is 32.7. The normalized spacial score (nSPS) is 12.7. The van der Waals surface area contributed by atoms with Gasteiger partial charge in [0.15, 0.2) is 17.5 Å². The van der Waals surface area contributed by atoms with E-state index in [4.69, 9.17) is 15.0 Å². The Labute approximate surface area is 321 Å². The molecule has 260 valence electrons. The van der Waals surface area contributed by atoms with E-state index in [9.17, 15) is 0 Å². The first-order valence-electron chi connectivity index (χ1n) is 18.9. The first-order valence-corrected chi connectivity index (χ1v) is 18.9. The van der Waals surface area contributed by atoms with Crippen molar-refractivity contribution in [2.45, 2.75) is 19.3 Å². The van der Waals surface area contributed by atoms with Gasteiger partial charge in [-0.1, -0.05) is 196 Å². The van der Waals surface area contributed by atoms with Crippen molar-refractivity contribution in [3.8, 4) is 78.7 Å². The molecular weight excluding hydrogens is 667 g/mol. The van der Waals surface area contributed by atoms with Crippen LogP contribution >= 0.6 is 0 Å². The molecule has 0 saturated carbocycles. The number of hydrogen-bond acceptors (Lipinski definition) is 3. The fourth-order valence-corrected chi connectivity index (χ4v) is 8.27.